The molecule has 142 heavy (non-hydrogen) atoms. The largest absolute Gasteiger partial charge is 0.394 e. The van der Waals surface area contributed by atoms with Crippen LogP contribution in [0, 0.1) is 89.8 Å². The second-order valence-electron chi connectivity index (χ2n) is 26.0. The number of azide groups is 2. The number of rotatable bonds is 102. The number of alkyl halides is 1. The number of benzene rings is 2. The molecule has 0 bridgehead atoms. The van der Waals surface area contributed by atoms with Crippen LogP contribution in [0.25, 0.3) is 20.9 Å². The molecule has 816 valence electrons. The van der Waals surface area contributed by atoms with E-state index in [1.54, 1.807) is 0 Å². The van der Waals surface area contributed by atoms with Crippen molar-refractivity contribution < 1.29 is 172 Å². The van der Waals surface area contributed by atoms with E-state index in [9.17, 15) is 40.5 Å². The SMILES string of the molecule is C#CCBr.C#CCOCCOCCOCCOCCOCCOCCOCCOCCN.C#CCOCCOCCOCCOCCOCCOCCOCCOCCN=[N+]=[N-].C#CCOCCOCCOCCOCCOCCOCCOCCOCCNc1ccc([N+](=O)[O-])cc1[N+](=O)[O-].O=[N+]([O-])c1ccc(Cl)c([N+](=O)[O-])c1.[N-]=[N+]=NCCOCCOCCOCCOCCOCCOCCOCCO. The molecule has 0 aliphatic rings. The van der Waals surface area contributed by atoms with Gasteiger partial charge in [0.2, 0.25) is 0 Å². The minimum Gasteiger partial charge on any atom is -0.394 e. The number of nitrogens with two attached hydrogens (primary N) is 1. The van der Waals surface area contributed by atoms with Gasteiger partial charge in [-0.1, -0.05) is 61.4 Å². The van der Waals surface area contributed by atoms with Crippen LogP contribution < -0.4 is 11.1 Å². The molecule has 0 saturated heterocycles. The van der Waals surface area contributed by atoms with E-state index in [1.807, 2.05) is 0 Å². The molecule has 2 aromatic carbocycles. The average molecular weight is 2130 g/mol. The van der Waals surface area contributed by atoms with Gasteiger partial charge in [0.1, 0.15) is 30.5 Å². The van der Waals surface area contributed by atoms with Crippen LogP contribution in [0.3, 0.4) is 0 Å². The van der Waals surface area contributed by atoms with Crippen molar-refractivity contribution >= 4 is 56.0 Å². The number of halogens is 2. The van der Waals surface area contributed by atoms with Gasteiger partial charge in [0.15, 0.2) is 0 Å². The number of anilines is 1. The fourth-order valence-corrected chi connectivity index (χ4v) is 9.01. The van der Waals surface area contributed by atoms with Gasteiger partial charge in [-0.2, -0.15) is 0 Å². The highest BCUT2D eigenvalue weighted by atomic mass is 79.9. The molecule has 0 heterocycles. The Morgan fingerprint density at radius 1 is 0.310 bits per heavy atom. The van der Waals surface area contributed by atoms with E-state index in [2.05, 4.69) is 65.0 Å². The first-order valence-electron chi connectivity index (χ1n) is 45.5. The molecule has 0 spiro atoms. The summed E-state index contributed by atoms with van der Waals surface area (Å²) in [6.07, 6.45) is 19.9. The summed E-state index contributed by atoms with van der Waals surface area (Å²) in [6.45, 7) is 31.0. The maximum atomic E-state index is 11.1. The van der Waals surface area contributed by atoms with E-state index in [-0.39, 0.29) is 41.0 Å². The molecular formula is C88H150BrClN12O40. The zero-order valence-corrected chi connectivity index (χ0v) is 83.9. The zero-order valence-electron chi connectivity index (χ0n) is 81.5. The van der Waals surface area contributed by atoms with Gasteiger partial charge >= 0.3 is 0 Å². The molecule has 0 aromatic heterocycles. The smallest absolute Gasteiger partial charge is 0.299 e. The van der Waals surface area contributed by atoms with Crippen LogP contribution in [0.4, 0.5) is 28.4 Å². The molecule has 0 unspecified atom stereocenters. The number of terminal acetylenes is 4. The van der Waals surface area contributed by atoms with Gasteiger partial charge in [-0.05, 0) is 23.2 Å². The van der Waals surface area contributed by atoms with Gasteiger partial charge in [0, 0.05) is 48.1 Å². The fraction of sp³-hybridized carbons (Fsp3) is 0.773. The molecule has 0 aliphatic carbocycles. The van der Waals surface area contributed by atoms with Crippen LogP contribution in [0.2, 0.25) is 5.02 Å². The van der Waals surface area contributed by atoms with E-state index in [1.165, 1.54) is 12.1 Å². The van der Waals surface area contributed by atoms with Crippen molar-refractivity contribution in [3.8, 4) is 49.4 Å². The average Bonchev–Trinajstić information content (AvgIpc) is 0.839. The van der Waals surface area contributed by atoms with Crippen molar-refractivity contribution in [1.82, 2.24) is 0 Å². The van der Waals surface area contributed by atoms with Gasteiger partial charge in [-0.25, -0.2) is 0 Å². The molecular weight excluding hydrogens is 1980 g/mol. The lowest BCUT2D eigenvalue weighted by Gasteiger charge is -2.09. The highest BCUT2D eigenvalue weighted by molar-refractivity contribution is 9.09. The number of hydrogen-bond donors (Lipinski definition) is 3. The van der Waals surface area contributed by atoms with E-state index < -0.39 is 25.4 Å². The molecule has 2 rings (SSSR count). The minimum atomic E-state index is -0.769. The Kier molecular flexibility index (Phi) is 124. The Bertz CT molecular complexity index is 3390. The van der Waals surface area contributed by atoms with E-state index in [0.717, 1.165) is 24.3 Å². The molecule has 4 N–H and O–H groups in total. The lowest BCUT2D eigenvalue weighted by atomic mass is 10.2. The third-order valence-electron chi connectivity index (χ3n) is 15.3. The molecule has 0 radical (unpaired) electrons. The Balaban J connectivity index is -0.000000853. The highest BCUT2D eigenvalue weighted by Crippen LogP contribution is 2.30. The Labute approximate surface area is 845 Å². The van der Waals surface area contributed by atoms with Crippen molar-refractivity contribution in [3.63, 3.8) is 0 Å². The second kappa shape index (κ2) is 125. The van der Waals surface area contributed by atoms with Gasteiger partial charge in [-0.15, -0.1) is 25.7 Å². The highest BCUT2D eigenvalue weighted by Gasteiger charge is 2.20. The van der Waals surface area contributed by atoms with Crippen LogP contribution in [0.1, 0.15) is 0 Å². The number of non-ortho nitro benzene ring substituents is 2. The van der Waals surface area contributed by atoms with E-state index >= 15 is 0 Å². The van der Waals surface area contributed by atoms with Crippen LogP contribution in [0.5, 0.6) is 0 Å². The topological polar surface area (TPSA) is 614 Å². The van der Waals surface area contributed by atoms with Crippen molar-refractivity contribution in [1.29, 1.82) is 0 Å². The molecule has 0 atom stereocenters. The molecule has 0 fully saturated rings. The van der Waals surface area contributed by atoms with Crippen molar-refractivity contribution in [3.05, 3.63) is 103 Å². The summed E-state index contributed by atoms with van der Waals surface area (Å²) in [7, 11) is 0. The molecule has 54 heteroatoms. The Morgan fingerprint density at radius 3 is 0.704 bits per heavy atom. The predicted octanol–water partition coefficient (Wildman–Crippen LogP) is 6.03. The number of nitrogens with zero attached hydrogens (tertiary/aromatic N) is 10. The van der Waals surface area contributed by atoms with E-state index in [4.69, 9.17) is 206 Å². The first kappa shape index (κ1) is 140. The molecule has 2 aromatic rings. The normalized spacial score (nSPS) is 10.6. The van der Waals surface area contributed by atoms with Crippen molar-refractivity contribution in [2.24, 2.45) is 16.0 Å². The number of nitrogens with one attached hydrogen (secondary N) is 1. The van der Waals surface area contributed by atoms with Crippen LogP contribution in [0.15, 0.2) is 46.6 Å². The fourth-order valence-electron chi connectivity index (χ4n) is 8.83. The van der Waals surface area contributed by atoms with E-state index in [0.29, 0.717) is 435 Å². The molecule has 52 nitrogen and oxygen atoms in total. The third kappa shape index (κ3) is 117. The van der Waals surface area contributed by atoms with Crippen molar-refractivity contribution in [2.75, 3.05) is 453 Å². The van der Waals surface area contributed by atoms with Crippen LogP contribution in [-0.2, 0) is 147 Å². The first-order valence-corrected chi connectivity index (χ1v) is 47.0. The predicted molar refractivity (Wildman–Crippen MR) is 522 cm³/mol. The minimum absolute atomic E-state index is 0.0274. The summed E-state index contributed by atoms with van der Waals surface area (Å²) in [5.41, 5.74) is 20.1. The second-order valence-corrected chi connectivity index (χ2v) is 26.9. The lowest BCUT2D eigenvalue weighted by Crippen LogP contribution is -2.15. The number of aliphatic hydroxyl groups excluding tert-OH is 1. The zero-order chi connectivity index (χ0) is 104. The van der Waals surface area contributed by atoms with Gasteiger partial charge in [0.05, 0.1) is 434 Å². The number of nitro benzene ring substituents is 4. The first-order chi connectivity index (χ1) is 69.7. The summed E-state index contributed by atoms with van der Waals surface area (Å²) in [4.78, 5) is 44.8. The van der Waals surface area contributed by atoms with Gasteiger partial charge < -0.3 is 163 Å². The number of nitro groups is 4. The van der Waals surface area contributed by atoms with Crippen LogP contribution >= 0.6 is 27.5 Å². The van der Waals surface area contributed by atoms with Crippen molar-refractivity contribution in [2.45, 2.75) is 0 Å². The Morgan fingerprint density at radius 2 is 0.507 bits per heavy atom. The molecule has 0 aliphatic heterocycles. The number of aliphatic hydroxyl groups is 1. The lowest BCUT2D eigenvalue weighted by molar-refractivity contribution is -0.394. The standard InChI is InChI=1S/C25H39N3O12.C19H35N3O8.C19H37NO8.C16H33N3O8.C6H3ClN2O4.C3H3Br/c1-2-6-33-8-10-35-12-14-37-16-18-39-20-21-40-19-17-38-15-13-36-11-9-34-7-5-26-24-4-3-23(27(29)30)22-25(24)28(31)32;1-2-4-23-6-8-25-10-12-27-14-16-29-18-19-30-17-15-28-13-11-26-9-7-24-5-3-21-22-20;1-2-4-21-6-8-23-10-12-25-14-16-27-18-19-28-17-15-26-13-11-24-9-7-22-5-3-20;17-19-18-1-3-21-5-7-23-9-11-25-13-15-27-16-14-26-12-10-24-8-6-22-4-2-20;7-5-2-1-4(8(10)11)3-6(5)9(12)13;1-2-3-4/h1,3-4,22,26H,5-21H2;1H,3-19H2;1H,3-20H2;20H,1-16H2;1-3H;1H,3H2. The third-order valence-corrected chi connectivity index (χ3v) is 15.9. The maximum Gasteiger partial charge on any atom is 0.299 e. The number of hydrogen-bond acceptors (Lipinski definition) is 44. The summed E-state index contributed by atoms with van der Waals surface area (Å²) < 4.78 is 165. The number of ether oxygens (including phenoxy) is 31. The Hall–Kier alpha value is -7.85. The molecule has 0 amide bonds. The summed E-state index contributed by atoms with van der Waals surface area (Å²) >= 11 is 8.44. The summed E-state index contributed by atoms with van der Waals surface area (Å²) in [5.74, 6) is 9.51. The summed E-state index contributed by atoms with van der Waals surface area (Å²) in [6, 6.07) is 6.47. The van der Waals surface area contributed by atoms with Crippen LogP contribution in [-0.4, -0.2) is 473 Å². The monoisotopic (exact) mass is 2130 g/mol. The summed E-state index contributed by atoms with van der Waals surface area (Å²) in [5, 5.41) is 61.0. The maximum absolute atomic E-state index is 11.1. The van der Waals surface area contributed by atoms with Gasteiger partial charge in [0.25, 0.3) is 22.7 Å². The molecule has 0 saturated carbocycles. The quantitative estimate of drug-likeness (QED) is 0.00994. The van der Waals surface area contributed by atoms with Gasteiger partial charge in [-0.3, -0.25) is 40.5 Å².